The van der Waals surface area contributed by atoms with Crippen LogP contribution in [0.2, 0.25) is 0 Å². The molecule has 1 N–H and O–H groups in total. The maximum absolute atomic E-state index is 9.35. The zero-order chi connectivity index (χ0) is 12.8. The van der Waals surface area contributed by atoms with Crippen molar-refractivity contribution in [2.75, 3.05) is 11.1 Å². The minimum Gasteiger partial charge on any atom is -0.381 e. The van der Waals surface area contributed by atoms with E-state index < -0.39 is 0 Å². The second-order valence-electron chi connectivity index (χ2n) is 4.70. The van der Waals surface area contributed by atoms with Gasteiger partial charge in [-0.1, -0.05) is 32.3 Å². The maximum atomic E-state index is 9.35. The number of rotatable bonds is 4. The molecule has 3 heteroatoms. The SMILES string of the molecule is CCSc1cccc(NC2CCCCC2)c1C#N. The average molecular weight is 260 g/mol. The van der Waals surface area contributed by atoms with E-state index in [1.54, 1.807) is 11.8 Å². The minimum atomic E-state index is 0.549. The normalized spacial score (nSPS) is 16.2. The number of nitrogens with one attached hydrogen (secondary N) is 1. The zero-order valence-electron chi connectivity index (χ0n) is 10.9. The van der Waals surface area contributed by atoms with Crippen molar-refractivity contribution in [2.24, 2.45) is 0 Å². The summed E-state index contributed by atoms with van der Waals surface area (Å²) in [5.41, 5.74) is 1.83. The van der Waals surface area contributed by atoms with E-state index in [1.165, 1.54) is 32.1 Å². The second-order valence-corrected chi connectivity index (χ2v) is 6.01. The van der Waals surface area contributed by atoms with E-state index in [0.29, 0.717) is 6.04 Å². The molecule has 2 nitrogen and oxygen atoms in total. The molecule has 96 valence electrons. The van der Waals surface area contributed by atoms with Gasteiger partial charge in [0.05, 0.1) is 11.3 Å². The fourth-order valence-electron chi connectivity index (χ4n) is 2.51. The standard InChI is InChI=1S/C15H20N2S/c1-2-18-15-10-6-9-14(13(15)11-16)17-12-7-4-3-5-8-12/h6,9-10,12,17H,2-5,7-8H2,1H3. The minimum absolute atomic E-state index is 0.549. The van der Waals surface area contributed by atoms with Gasteiger partial charge in [0.25, 0.3) is 0 Å². The highest BCUT2D eigenvalue weighted by molar-refractivity contribution is 7.99. The molecule has 1 fully saturated rings. The molecule has 0 heterocycles. The molecule has 2 rings (SSSR count). The summed E-state index contributed by atoms with van der Waals surface area (Å²) in [6, 6.07) is 9.02. The number of nitrogens with zero attached hydrogens (tertiary/aromatic N) is 1. The fraction of sp³-hybridized carbons (Fsp3) is 0.533. The van der Waals surface area contributed by atoms with Crippen LogP contribution < -0.4 is 5.32 Å². The van der Waals surface area contributed by atoms with Gasteiger partial charge in [-0.15, -0.1) is 11.8 Å². The van der Waals surface area contributed by atoms with Gasteiger partial charge in [0.15, 0.2) is 0 Å². The second kappa shape index (κ2) is 6.70. The number of anilines is 1. The van der Waals surface area contributed by atoms with E-state index in [2.05, 4.69) is 18.3 Å². The van der Waals surface area contributed by atoms with Gasteiger partial charge in [0, 0.05) is 10.9 Å². The van der Waals surface area contributed by atoms with Crippen LogP contribution in [-0.4, -0.2) is 11.8 Å². The Morgan fingerprint density at radius 3 is 2.78 bits per heavy atom. The van der Waals surface area contributed by atoms with Crippen LogP contribution >= 0.6 is 11.8 Å². The van der Waals surface area contributed by atoms with Gasteiger partial charge in [-0.2, -0.15) is 5.26 Å². The maximum Gasteiger partial charge on any atom is 0.102 e. The van der Waals surface area contributed by atoms with Crippen molar-refractivity contribution in [2.45, 2.75) is 50.0 Å². The highest BCUT2D eigenvalue weighted by atomic mass is 32.2. The van der Waals surface area contributed by atoms with Crippen molar-refractivity contribution in [3.63, 3.8) is 0 Å². The van der Waals surface area contributed by atoms with Crippen LogP contribution in [0.1, 0.15) is 44.6 Å². The van der Waals surface area contributed by atoms with Crippen LogP contribution in [-0.2, 0) is 0 Å². The van der Waals surface area contributed by atoms with Gasteiger partial charge in [-0.3, -0.25) is 0 Å². The third-order valence-corrected chi connectivity index (χ3v) is 4.34. The van der Waals surface area contributed by atoms with Crippen LogP contribution in [0.5, 0.6) is 0 Å². The fourth-order valence-corrected chi connectivity index (χ4v) is 3.30. The van der Waals surface area contributed by atoms with Gasteiger partial charge in [0.1, 0.15) is 6.07 Å². The Morgan fingerprint density at radius 2 is 2.11 bits per heavy atom. The largest absolute Gasteiger partial charge is 0.381 e. The summed E-state index contributed by atoms with van der Waals surface area (Å²) in [7, 11) is 0. The van der Waals surface area contributed by atoms with Gasteiger partial charge in [-0.25, -0.2) is 0 Å². The summed E-state index contributed by atoms with van der Waals surface area (Å²) >= 11 is 1.74. The Morgan fingerprint density at radius 1 is 1.33 bits per heavy atom. The van der Waals surface area contributed by atoms with E-state index in [0.717, 1.165) is 21.9 Å². The van der Waals surface area contributed by atoms with Crippen LogP contribution in [0.15, 0.2) is 23.1 Å². The first kappa shape index (κ1) is 13.3. The summed E-state index contributed by atoms with van der Waals surface area (Å²) in [5, 5.41) is 12.9. The number of hydrogen-bond acceptors (Lipinski definition) is 3. The third-order valence-electron chi connectivity index (χ3n) is 3.40. The number of hydrogen-bond donors (Lipinski definition) is 1. The lowest BCUT2D eigenvalue weighted by molar-refractivity contribution is 0.462. The monoisotopic (exact) mass is 260 g/mol. The van der Waals surface area contributed by atoms with Gasteiger partial charge in [-0.05, 0) is 30.7 Å². The van der Waals surface area contributed by atoms with E-state index in [1.807, 2.05) is 18.2 Å². The highest BCUT2D eigenvalue weighted by Gasteiger charge is 2.15. The molecular formula is C15H20N2S. The first-order valence-corrected chi connectivity index (χ1v) is 7.76. The lowest BCUT2D eigenvalue weighted by atomic mass is 9.95. The summed E-state index contributed by atoms with van der Waals surface area (Å²) in [6.07, 6.45) is 6.44. The molecule has 18 heavy (non-hydrogen) atoms. The van der Waals surface area contributed by atoms with Gasteiger partial charge in [0.2, 0.25) is 0 Å². The summed E-state index contributed by atoms with van der Waals surface area (Å²) < 4.78 is 0. The zero-order valence-corrected chi connectivity index (χ0v) is 11.7. The van der Waals surface area contributed by atoms with E-state index in [9.17, 15) is 5.26 Å². The quantitative estimate of drug-likeness (QED) is 0.814. The molecular weight excluding hydrogens is 240 g/mol. The molecule has 0 atom stereocenters. The molecule has 0 aliphatic heterocycles. The van der Waals surface area contributed by atoms with Crippen molar-refractivity contribution >= 4 is 17.4 Å². The predicted octanol–water partition coefficient (Wildman–Crippen LogP) is 4.41. The van der Waals surface area contributed by atoms with E-state index in [-0.39, 0.29) is 0 Å². The molecule has 0 spiro atoms. The number of benzene rings is 1. The molecule has 1 aliphatic carbocycles. The number of nitriles is 1. The van der Waals surface area contributed by atoms with Crippen LogP contribution in [0.25, 0.3) is 0 Å². The highest BCUT2D eigenvalue weighted by Crippen LogP contribution is 2.30. The molecule has 0 saturated heterocycles. The average Bonchev–Trinajstić information content (AvgIpc) is 2.41. The van der Waals surface area contributed by atoms with Crippen molar-refractivity contribution < 1.29 is 0 Å². The molecule has 1 aromatic carbocycles. The summed E-state index contributed by atoms with van der Waals surface area (Å²) in [4.78, 5) is 1.10. The first-order chi connectivity index (χ1) is 8.85. The Bertz CT molecular complexity index is 431. The molecule has 0 amide bonds. The van der Waals surface area contributed by atoms with Crippen molar-refractivity contribution in [1.82, 2.24) is 0 Å². The molecule has 1 aromatic rings. The Kier molecular flexibility index (Phi) is 4.95. The lowest BCUT2D eigenvalue weighted by Gasteiger charge is -2.24. The van der Waals surface area contributed by atoms with Crippen molar-refractivity contribution in [3.05, 3.63) is 23.8 Å². The lowest BCUT2D eigenvalue weighted by Crippen LogP contribution is -2.22. The van der Waals surface area contributed by atoms with Gasteiger partial charge >= 0.3 is 0 Å². The van der Waals surface area contributed by atoms with Crippen LogP contribution in [0.4, 0.5) is 5.69 Å². The summed E-state index contributed by atoms with van der Waals surface area (Å²) in [5.74, 6) is 1.00. The topological polar surface area (TPSA) is 35.8 Å². The van der Waals surface area contributed by atoms with Gasteiger partial charge < -0.3 is 5.32 Å². The first-order valence-electron chi connectivity index (χ1n) is 6.77. The third kappa shape index (κ3) is 3.20. The number of thioether (sulfide) groups is 1. The molecule has 0 bridgehead atoms. The van der Waals surface area contributed by atoms with Crippen LogP contribution in [0, 0.1) is 11.3 Å². The molecule has 1 saturated carbocycles. The Balaban J connectivity index is 2.16. The predicted molar refractivity (Wildman–Crippen MR) is 78.1 cm³/mol. The van der Waals surface area contributed by atoms with E-state index in [4.69, 9.17) is 0 Å². The van der Waals surface area contributed by atoms with E-state index >= 15 is 0 Å². The Labute approximate surface area is 114 Å². The van der Waals surface area contributed by atoms with Crippen molar-refractivity contribution in [1.29, 1.82) is 5.26 Å². The summed E-state index contributed by atoms with van der Waals surface area (Å²) in [6.45, 7) is 2.12. The molecule has 0 unspecified atom stereocenters. The molecule has 0 aromatic heterocycles. The van der Waals surface area contributed by atoms with Crippen molar-refractivity contribution in [3.8, 4) is 6.07 Å². The Hall–Kier alpha value is -1.14. The molecule has 1 aliphatic rings. The smallest absolute Gasteiger partial charge is 0.102 e. The van der Waals surface area contributed by atoms with Crippen LogP contribution in [0.3, 0.4) is 0 Å². The molecule has 0 radical (unpaired) electrons.